The lowest BCUT2D eigenvalue weighted by Crippen LogP contribution is -2.31. The van der Waals surface area contributed by atoms with E-state index >= 15 is 0 Å². The van der Waals surface area contributed by atoms with Crippen molar-refractivity contribution in [1.82, 2.24) is 10.3 Å². The third kappa shape index (κ3) is 4.15. The highest BCUT2D eigenvalue weighted by molar-refractivity contribution is 5.12. The molecule has 2 nitrogen and oxygen atoms in total. The van der Waals surface area contributed by atoms with Crippen LogP contribution in [0.4, 0.5) is 0 Å². The van der Waals surface area contributed by atoms with E-state index in [2.05, 4.69) is 42.9 Å². The fraction of sp³-hybridized carbons (Fsp3) is 0.500. The first-order valence-electron chi connectivity index (χ1n) is 5.89. The molecule has 88 valence electrons. The van der Waals surface area contributed by atoms with E-state index in [0.717, 1.165) is 18.7 Å². The van der Waals surface area contributed by atoms with Gasteiger partial charge in [-0.3, -0.25) is 4.98 Å². The summed E-state index contributed by atoms with van der Waals surface area (Å²) in [6, 6.07) is 4.68. The summed E-state index contributed by atoms with van der Waals surface area (Å²) in [4.78, 5) is 4.28. The van der Waals surface area contributed by atoms with E-state index in [9.17, 15) is 0 Å². The molecule has 0 spiro atoms. The van der Waals surface area contributed by atoms with E-state index in [4.69, 9.17) is 0 Å². The van der Waals surface area contributed by atoms with Gasteiger partial charge in [-0.25, -0.2) is 0 Å². The molecule has 16 heavy (non-hydrogen) atoms. The molecule has 0 saturated carbocycles. The van der Waals surface area contributed by atoms with Crippen LogP contribution in [0.2, 0.25) is 0 Å². The number of nitrogens with zero attached hydrogens (tertiary/aromatic N) is 1. The van der Waals surface area contributed by atoms with Gasteiger partial charge in [0, 0.05) is 24.5 Å². The monoisotopic (exact) mass is 218 g/mol. The molecule has 1 N–H and O–H groups in total. The molecule has 0 aliphatic rings. The molecule has 2 atom stereocenters. The van der Waals surface area contributed by atoms with Crippen LogP contribution in [0.25, 0.3) is 0 Å². The fourth-order valence-corrected chi connectivity index (χ4v) is 1.55. The molecule has 0 aromatic carbocycles. The van der Waals surface area contributed by atoms with Gasteiger partial charge in [0.2, 0.25) is 0 Å². The summed E-state index contributed by atoms with van der Waals surface area (Å²) in [6.45, 7) is 11.1. The van der Waals surface area contributed by atoms with Crippen LogP contribution in [0, 0.1) is 12.8 Å². The van der Waals surface area contributed by atoms with Crippen LogP contribution >= 0.6 is 0 Å². The molecular weight excluding hydrogens is 196 g/mol. The Kier molecular flexibility index (Phi) is 5.20. The Bertz CT molecular complexity index is 316. The number of nitrogens with one attached hydrogen (secondary N) is 1. The van der Waals surface area contributed by atoms with Crippen LogP contribution in [0.5, 0.6) is 0 Å². The van der Waals surface area contributed by atoms with Crippen molar-refractivity contribution in [2.75, 3.05) is 0 Å². The molecule has 0 aliphatic heterocycles. The third-order valence-electron chi connectivity index (χ3n) is 2.99. The maximum Gasteiger partial charge on any atom is 0.0372 e. The average molecular weight is 218 g/mol. The third-order valence-corrected chi connectivity index (χ3v) is 2.99. The number of pyridine rings is 1. The van der Waals surface area contributed by atoms with E-state index in [1.807, 2.05) is 19.2 Å². The number of rotatable bonds is 6. The van der Waals surface area contributed by atoms with Crippen molar-refractivity contribution >= 4 is 0 Å². The van der Waals surface area contributed by atoms with Gasteiger partial charge in [-0.15, -0.1) is 6.58 Å². The van der Waals surface area contributed by atoms with Crippen molar-refractivity contribution in [3.8, 4) is 0 Å². The van der Waals surface area contributed by atoms with Gasteiger partial charge in [-0.2, -0.15) is 0 Å². The quantitative estimate of drug-likeness (QED) is 0.742. The molecule has 0 radical (unpaired) electrons. The highest BCUT2D eigenvalue weighted by atomic mass is 14.9. The van der Waals surface area contributed by atoms with Crippen LogP contribution in [0.1, 0.15) is 31.5 Å². The van der Waals surface area contributed by atoms with Crippen LogP contribution < -0.4 is 5.32 Å². The number of hydrogen-bond acceptors (Lipinski definition) is 2. The molecule has 0 saturated heterocycles. The zero-order valence-electron chi connectivity index (χ0n) is 10.5. The number of allylic oxidation sites excluding steroid dienone is 1. The largest absolute Gasteiger partial charge is 0.310 e. The second-order valence-electron chi connectivity index (χ2n) is 4.48. The first-order valence-corrected chi connectivity index (χ1v) is 5.89. The zero-order valence-corrected chi connectivity index (χ0v) is 10.5. The van der Waals surface area contributed by atoms with Crippen molar-refractivity contribution in [1.29, 1.82) is 0 Å². The molecule has 1 aromatic rings. The molecule has 0 fully saturated rings. The molecule has 0 aliphatic carbocycles. The van der Waals surface area contributed by atoms with Gasteiger partial charge in [-0.1, -0.05) is 19.1 Å². The van der Waals surface area contributed by atoms with Crippen molar-refractivity contribution in [2.24, 2.45) is 5.92 Å². The number of hydrogen-bond donors (Lipinski definition) is 1. The Morgan fingerprint density at radius 1 is 1.44 bits per heavy atom. The Morgan fingerprint density at radius 3 is 2.75 bits per heavy atom. The lowest BCUT2D eigenvalue weighted by Gasteiger charge is -2.20. The standard InChI is InChI=1S/C14H22N2/c1-5-6-11(2)13(4)16-10-14-8-7-12(3)15-9-14/h5,7-9,11,13,16H,1,6,10H2,2-4H3. The maximum atomic E-state index is 4.28. The Labute approximate surface area is 98.8 Å². The van der Waals surface area contributed by atoms with E-state index in [0.29, 0.717) is 12.0 Å². The molecule has 2 heteroatoms. The summed E-state index contributed by atoms with van der Waals surface area (Å²) in [5, 5.41) is 3.52. The second kappa shape index (κ2) is 6.44. The summed E-state index contributed by atoms with van der Waals surface area (Å²) >= 11 is 0. The molecule has 0 bridgehead atoms. The van der Waals surface area contributed by atoms with Crippen LogP contribution in [-0.4, -0.2) is 11.0 Å². The van der Waals surface area contributed by atoms with Gasteiger partial charge >= 0.3 is 0 Å². The second-order valence-corrected chi connectivity index (χ2v) is 4.48. The van der Waals surface area contributed by atoms with Crippen LogP contribution in [0.3, 0.4) is 0 Å². The summed E-state index contributed by atoms with van der Waals surface area (Å²) in [7, 11) is 0. The van der Waals surface area contributed by atoms with Crippen molar-refractivity contribution in [3.63, 3.8) is 0 Å². The maximum absolute atomic E-state index is 4.28. The summed E-state index contributed by atoms with van der Waals surface area (Å²) in [5.74, 6) is 0.621. The number of aromatic nitrogens is 1. The lowest BCUT2D eigenvalue weighted by molar-refractivity contribution is 0.402. The predicted octanol–water partition coefficient (Wildman–Crippen LogP) is 3.08. The van der Waals surface area contributed by atoms with Gasteiger partial charge in [0.15, 0.2) is 0 Å². The first kappa shape index (κ1) is 12.9. The molecule has 2 unspecified atom stereocenters. The Morgan fingerprint density at radius 2 is 2.19 bits per heavy atom. The highest BCUT2D eigenvalue weighted by Crippen LogP contribution is 2.09. The summed E-state index contributed by atoms with van der Waals surface area (Å²) in [6.07, 6.45) is 4.98. The van der Waals surface area contributed by atoms with Gasteiger partial charge in [0.05, 0.1) is 0 Å². The van der Waals surface area contributed by atoms with Gasteiger partial charge in [-0.05, 0) is 37.8 Å². The van der Waals surface area contributed by atoms with Crippen molar-refractivity contribution in [3.05, 3.63) is 42.2 Å². The normalized spacial score (nSPS) is 14.4. The van der Waals surface area contributed by atoms with Gasteiger partial charge in [0.25, 0.3) is 0 Å². The van der Waals surface area contributed by atoms with Crippen LogP contribution in [-0.2, 0) is 6.54 Å². The molecule has 1 heterocycles. The minimum absolute atomic E-state index is 0.499. The van der Waals surface area contributed by atoms with Crippen molar-refractivity contribution < 1.29 is 0 Å². The molecule has 1 rings (SSSR count). The van der Waals surface area contributed by atoms with E-state index < -0.39 is 0 Å². The topological polar surface area (TPSA) is 24.9 Å². The van der Waals surface area contributed by atoms with E-state index in [1.54, 1.807) is 0 Å². The SMILES string of the molecule is C=CCC(C)C(C)NCc1ccc(C)nc1. The number of aryl methyl sites for hydroxylation is 1. The van der Waals surface area contributed by atoms with Crippen molar-refractivity contribution in [2.45, 2.75) is 39.8 Å². The highest BCUT2D eigenvalue weighted by Gasteiger charge is 2.09. The predicted molar refractivity (Wildman–Crippen MR) is 69.3 cm³/mol. The molecule has 1 aromatic heterocycles. The minimum atomic E-state index is 0.499. The summed E-state index contributed by atoms with van der Waals surface area (Å²) < 4.78 is 0. The van der Waals surface area contributed by atoms with E-state index in [-0.39, 0.29) is 0 Å². The zero-order chi connectivity index (χ0) is 12.0. The smallest absolute Gasteiger partial charge is 0.0372 e. The van der Waals surface area contributed by atoms with E-state index in [1.165, 1.54) is 5.56 Å². The lowest BCUT2D eigenvalue weighted by atomic mass is 10.00. The average Bonchev–Trinajstić information content (AvgIpc) is 2.28. The minimum Gasteiger partial charge on any atom is -0.310 e. The molecule has 0 amide bonds. The van der Waals surface area contributed by atoms with Gasteiger partial charge in [0.1, 0.15) is 0 Å². The first-order chi connectivity index (χ1) is 7.63. The Hall–Kier alpha value is -1.15. The Balaban J connectivity index is 2.39. The fourth-order valence-electron chi connectivity index (χ4n) is 1.55. The van der Waals surface area contributed by atoms with Gasteiger partial charge < -0.3 is 5.32 Å². The summed E-state index contributed by atoms with van der Waals surface area (Å²) in [5.41, 5.74) is 2.31. The molecular formula is C14H22N2. The van der Waals surface area contributed by atoms with Crippen LogP contribution in [0.15, 0.2) is 31.0 Å².